The first-order valence-corrected chi connectivity index (χ1v) is 9.42. The van der Waals surface area contributed by atoms with Crippen LogP contribution in [0.3, 0.4) is 0 Å². The normalized spacial score (nSPS) is 11.0. The van der Waals surface area contributed by atoms with Gasteiger partial charge in [-0.3, -0.25) is 9.52 Å². The Morgan fingerprint density at radius 2 is 1.82 bits per heavy atom. The van der Waals surface area contributed by atoms with Crippen molar-refractivity contribution in [2.45, 2.75) is 11.3 Å². The Morgan fingerprint density at radius 3 is 2.39 bits per heavy atom. The highest BCUT2D eigenvalue weighted by Crippen LogP contribution is 2.18. The zero-order chi connectivity index (χ0) is 20.3. The molecule has 0 saturated heterocycles. The number of halogens is 1. The van der Waals surface area contributed by atoms with Gasteiger partial charge in [0.15, 0.2) is 0 Å². The Balaban J connectivity index is 1.71. The minimum Gasteiger partial charge on any atom is -0.382 e. The molecule has 0 aliphatic carbocycles. The average molecular weight is 399 g/mol. The number of hydrogen-bond acceptors (Lipinski definition) is 6. The van der Waals surface area contributed by atoms with Gasteiger partial charge >= 0.3 is 0 Å². The van der Waals surface area contributed by atoms with E-state index in [-0.39, 0.29) is 28.4 Å². The van der Waals surface area contributed by atoms with Crippen molar-refractivity contribution >= 4 is 27.4 Å². The number of carbonyl (C=O) groups excluding carboxylic acids is 1. The van der Waals surface area contributed by atoms with E-state index in [1.165, 1.54) is 18.3 Å². The molecule has 0 aliphatic rings. The summed E-state index contributed by atoms with van der Waals surface area (Å²) in [4.78, 5) is 12.2. The molecule has 10 heteroatoms. The molecule has 0 fully saturated rings. The van der Waals surface area contributed by atoms with E-state index in [1.54, 1.807) is 12.1 Å². The maximum Gasteiger partial charge on any atom is 0.261 e. The van der Waals surface area contributed by atoms with Crippen molar-refractivity contribution in [2.75, 3.05) is 10.5 Å². The van der Waals surface area contributed by atoms with Crippen LogP contribution in [0.1, 0.15) is 15.9 Å². The molecule has 2 aromatic carbocycles. The lowest BCUT2D eigenvalue weighted by Crippen LogP contribution is -2.17. The monoisotopic (exact) mass is 399 g/mol. The first kappa shape index (κ1) is 19.1. The zero-order valence-electron chi connectivity index (χ0n) is 14.3. The Hall–Kier alpha value is -3.71. The van der Waals surface area contributed by atoms with Crippen LogP contribution in [-0.4, -0.2) is 24.1 Å². The summed E-state index contributed by atoms with van der Waals surface area (Å²) < 4.78 is 40.9. The topological polar surface area (TPSA) is 131 Å². The van der Waals surface area contributed by atoms with Gasteiger partial charge in [0.2, 0.25) is 0 Å². The summed E-state index contributed by atoms with van der Waals surface area (Å²) in [6.07, 6.45) is 1.17. The van der Waals surface area contributed by atoms with Crippen LogP contribution < -0.4 is 10.5 Å². The van der Waals surface area contributed by atoms with E-state index in [0.29, 0.717) is 5.56 Å². The molecule has 28 heavy (non-hydrogen) atoms. The number of nitrogen functional groups attached to an aromatic ring is 1. The maximum absolute atomic E-state index is 12.9. The molecule has 0 atom stereocenters. The lowest BCUT2D eigenvalue weighted by atomic mass is 10.1. The molecule has 1 aromatic heterocycles. The number of nitrogens with two attached hydrogens (primary N) is 1. The summed E-state index contributed by atoms with van der Waals surface area (Å²) in [5.41, 5.74) is 6.68. The zero-order valence-corrected chi connectivity index (χ0v) is 15.1. The van der Waals surface area contributed by atoms with Gasteiger partial charge in [-0.15, -0.1) is 0 Å². The summed E-state index contributed by atoms with van der Waals surface area (Å²) in [5, 5.41) is 12.6. The Morgan fingerprint density at radius 1 is 1.18 bits per heavy atom. The average Bonchev–Trinajstić information content (AvgIpc) is 3.04. The number of hydrogen-bond donors (Lipinski definition) is 2. The van der Waals surface area contributed by atoms with Crippen molar-refractivity contribution < 1.29 is 17.6 Å². The SMILES string of the molecule is N#Cc1cnn(C(=O)Cc2ccc(NS(=O)(=O)c3ccc(F)cc3)cc2)c1N. The summed E-state index contributed by atoms with van der Waals surface area (Å²) in [6.45, 7) is 0. The van der Waals surface area contributed by atoms with Gasteiger partial charge in [-0.1, -0.05) is 12.1 Å². The Kier molecular flexibility index (Phi) is 5.10. The van der Waals surface area contributed by atoms with Crippen LogP contribution in [0.15, 0.2) is 59.6 Å². The first-order chi connectivity index (χ1) is 13.3. The van der Waals surface area contributed by atoms with E-state index in [2.05, 4.69) is 9.82 Å². The molecule has 3 rings (SSSR count). The lowest BCUT2D eigenvalue weighted by molar-refractivity contribution is 0.0901. The van der Waals surface area contributed by atoms with Crippen molar-refractivity contribution in [1.29, 1.82) is 5.26 Å². The van der Waals surface area contributed by atoms with Crippen molar-refractivity contribution in [2.24, 2.45) is 0 Å². The van der Waals surface area contributed by atoms with Crippen LogP contribution in [0.5, 0.6) is 0 Å². The molecule has 3 N–H and O–H groups in total. The second-order valence-electron chi connectivity index (χ2n) is 5.79. The molecule has 3 aromatic rings. The fraction of sp³-hybridized carbons (Fsp3) is 0.0556. The molecular formula is C18H14FN5O3S. The van der Waals surface area contributed by atoms with Crippen LogP contribution in [0.2, 0.25) is 0 Å². The van der Waals surface area contributed by atoms with Crippen LogP contribution in [-0.2, 0) is 16.4 Å². The minimum absolute atomic E-state index is 0.0313. The number of anilines is 2. The highest BCUT2D eigenvalue weighted by atomic mass is 32.2. The standard InChI is InChI=1S/C18H14FN5O3S/c19-14-3-7-16(8-4-14)28(26,27)23-15-5-1-12(2-6-15)9-17(25)24-18(21)13(10-20)11-22-24/h1-8,11,23H,9,21H2. The second-order valence-corrected chi connectivity index (χ2v) is 7.48. The summed E-state index contributed by atoms with van der Waals surface area (Å²) >= 11 is 0. The third kappa shape index (κ3) is 3.99. The predicted octanol–water partition coefficient (Wildman–Crippen LogP) is 2.16. The van der Waals surface area contributed by atoms with Crippen molar-refractivity contribution in [3.05, 3.63) is 71.7 Å². The first-order valence-electron chi connectivity index (χ1n) is 7.94. The van der Waals surface area contributed by atoms with Crippen LogP contribution in [0.25, 0.3) is 0 Å². The summed E-state index contributed by atoms with van der Waals surface area (Å²) in [7, 11) is -3.86. The third-order valence-electron chi connectivity index (χ3n) is 3.85. The van der Waals surface area contributed by atoms with Gasteiger partial charge in [-0.05, 0) is 42.0 Å². The molecule has 0 spiro atoms. The Labute approximate surface area is 160 Å². The van der Waals surface area contributed by atoms with Gasteiger partial charge in [0.25, 0.3) is 15.9 Å². The van der Waals surface area contributed by atoms with Gasteiger partial charge in [0, 0.05) is 5.69 Å². The third-order valence-corrected chi connectivity index (χ3v) is 5.25. The molecule has 0 bridgehead atoms. The molecule has 8 nitrogen and oxygen atoms in total. The van der Waals surface area contributed by atoms with Gasteiger partial charge < -0.3 is 5.73 Å². The highest BCUT2D eigenvalue weighted by molar-refractivity contribution is 7.92. The van der Waals surface area contributed by atoms with E-state index in [4.69, 9.17) is 11.0 Å². The fourth-order valence-electron chi connectivity index (χ4n) is 2.41. The number of carbonyl (C=O) groups is 1. The molecular weight excluding hydrogens is 385 g/mol. The Bertz CT molecular complexity index is 1160. The second kappa shape index (κ2) is 7.50. The lowest BCUT2D eigenvalue weighted by Gasteiger charge is -2.09. The quantitative estimate of drug-likeness (QED) is 0.676. The van der Waals surface area contributed by atoms with Crippen molar-refractivity contribution in [3.63, 3.8) is 0 Å². The number of rotatable bonds is 5. The maximum atomic E-state index is 12.9. The molecule has 0 aliphatic heterocycles. The molecule has 0 radical (unpaired) electrons. The van der Waals surface area contributed by atoms with Crippen molar-refractivity contribution in [3.8, 4) is 6.07 Å². The van der Waals surface area contributed by atoms with Gasteiger partial charge in [0.05, 0.1) is 17.5 Å². The molecule has 0 unspecified atom stereocenters. The van der Waals surface area contributed by atoms with E-state index >= 15 is 0 Å². The number of benzene rings is 2. The van der Waals surface area contributed by atoms with E-state index in [1.807, 2.05) is 6.07 Å². The molecule has 1 heterocycles. The van der Waals surface area contributed by atoms with Gasteiger partial charge in [-0.25, -0.2) is 12.8 Å². The predicted molar refractivity (Wildman–Crippen MR) is 99.3 cm³/mol. The number of aromatic nitrogens is 2. The summed E-state index contributed by atoms with van der Waals surface area (Å²) in [6, 6.07) is 12.4. The molecule has 0 amide bonds. The van der Waals surface area contributed by atoms with Crippen LogP contribution in [0, 0.1) is 17.1 Å². The summed E-state index contributed by atoms with van der Waals surface area (Å²) in [5.74, 6) is -0.998. The number of nitrogens with zero attached hydrogens (tertiary/aromatic N) is 3. The van der Waals surface area contributed by atoms with Crippen LogP contribution >= 0.6 is 0 Å². The number of nitriles is 1. The fourth-order valence-corrected chi connectivity index (χ4v) is 3.47. The van der Waals surface area contributed by atoms with Crippen LogP contribution in [0.4, 0.5) is 15.9 Å². The van der Waals surface area contributed by atoms with E-state index in [9.17, 15) is 17.6 Å². The number of nitrogens with one attached hydrogen (secondary N) is 1. The van der Waals surface area contributed by atoms with Crippen molar-refractivity contribution in [1.82, 2.24) is 9.78 Å². The minimum atomic E-state index is -3.86. The van der Waals surface area contributed by atoms with E-state index in [0.717, 1.165) is 28.9 Å². The van der Waals surface area contributed by atoms with E-state index < -0.39 is 21.7 Å². The molecule has 142 valence electrons. The largest absolute Gasteiger partial charge is 0.382 e. The number of sulfonamides is 1. The molecule has 0 saturated carbocycles. The van der Waals surface area contributed by atoms with Gasteiger partial charge in [-0.2, -0.15) is 15.0 Å². The highest BCUT2D eigenvalue weighted by Gasteiger charge is 2.16. The smallest absolute Gasteiger partial charge is 0.261 e. The van der Waals surface area contributed by atoms with Gasteiger partial charge in [0.1, 0.15) is 23.3 Å².